The Balaban J connectivity index is 2.49. The summed E-state index contributed by atoms with van der Waals surface area (Å²) in [5.41, 5.74) is 0.473. The molecule has 2 rings (SSSR count). The van der Waals surface area contributed by atoms with E-state index in [4.69, 9.17) is 0 Å². The Morgan fingerprint density at radius 1 is 1.58 bits per heavy atom. The van der Waals surface area contributed by atoms with Crippen molar-refractivity contribution in [3.8, 4) is 5.69 Å². The van der Waals surface area contributed by atoms with E-state index in [1.54, 1.807) is 6.20 Å². The van der Waals surface area contributed by atoms with Gasteiger partial charge in [0.2, 0.25) is 0 Å². The van der Waals surface area contributed by atoms with E-state index in [1.165, 1.54) is 4.68 Å². The highest BCUT2D eigenvalue weighted by Gasteiger charge is 2.19. The SMILES string of the molecule is CCC(Br)c1cn(-c2cc(F)ccc2[N+](=O)[O-])nn1. The van der Waals surface area contributed by atoms with Crippen LogP contribution >= 0.6 is 15.9 Å². The molecule has 0 aliphatic heterocycles. The molecule has 1 aromatic carbocycles. The van der Waals surface area contributed by atoms with Crippen LogP contribution in [-0.2, 0) is 0 Å². The van der Waals surface area contributed by atoms with Crippen LogP contribution in [0.25, 0.3) is 5.69 Å². The van der Waals surface area contributed by atoms with Crippen LogP contribution in [-0.4, -0.2) is 19.9 Å². The number of hydrogen-bond acceptors (Lipinski definition) is 4. The molecular weight excluding hydrogens is 319 g/mol. The van der Waals surface area contributed by atoms with Crippen LogP contribution in [0, 0.1) is 15.9 Å². The van der Waals surface area contributed by atoms with E-state index in [-0.39, 0.29) is 16.2 Å². The average Bonchev–Trinajstić information content (AvgIpc) is 2.86. The number of alkyl halides is 1. The highest BCUT2D eigenvalue weighted by Crippen LogP contribution is 2.27. The summed E-state index contributed by atoms with van der Waals surface area (Å²) < 4.78 is 14.4. The molecule has 0 N–H and O–H groups in total. The third-order valence-corrected chi connectivity index (χ3v) is 3.69. The zero-order valence-corrected chi connectivity index (χ0v) is 11.5. The van der Waals surface area contributed by atoms with E-state index in [0.717, 1.165) is 24.6 Å². The fraction of sp³-hybridized carbons (Fsp3) is 0.273. The van der Waals surface area contributed by atoms with Crippen molar-refractivity contribution in [2.75, 3.05) is 0 Å². The second-order valence-corrected chi connectivity index (χ2v) is 4.96. The zero-order valence-electron chi connectivity index (χ0n) is 9.96. The molecular formula is C11H10BrFN4O2. The molecule has 0 saturated carbocycles. The van der Waals surface area contributed by atoms with Crippen LogP contribution in [0.3, 0.4) is 0 Å². The molecule has 0 fully saturated rings. The van der Waals surface area contributed by atoms with E-state index in [1.807, 2.05) is 6.92 Å². The maximum absolute atomic E-state index is 13.2. The Kier molecular flexibility index (Phi) is 3.89. The predicted molar refractivity (Wildman–Crippen MR) is 69.9 cm³/mol. The Morgan fingerprint density at radius 3 is 2.95 bits per heavy atom. The van der Waals surface area contributed by atoms with Crippen LogP contribution in [0.15, 0.2) is 24.4 Å². The van der Waals surface area contributed by atoms with E-state index in [9.17, 15) is 14.5 Å². The lowest BCUT2D eigenvalue weighted by Crippen LogP contribution is -2.01. The normalized spacial score (nSPS) is 12.4. The minimum atomic E-state index is -0.582. The zero-order chi connectivity index (χ0) is 14.0. The Labute approximate surface area is 116 Å². The minimum absolute atomic E-state index is 0.00821. The summed E-state index contributed by atoms with van der Waals surface area (Å²) in [6, 6.07) is 3.21. The lowest BCUT2D eigenvalue weighted by Gasteiger charge is -2.02. The molecule has 100 valence electrons. The summed E-state index contributed by atoms with van der Waals surface area (Å²) in [5, 5.41) is 18.6. The number of nitrogens with zero attached hydrogens (tertiary/aromatic N) is 4. The van der Waals surface area contributed by atoms with Crippen molar-refractivity contribution >= 4 is 21.6 Å². The molecule has 0 amide bonds. The summed E-state index contributed by atoms with van der Waals surface area (Å²) >= 11 is 3.41. The van der Waals surface area contributed by atoms with Crippen molar-refractivity contribution in [1.29, 1.82) is 0 Å². The van der Waals surface area contributed by atoms with E-state index in [2.05, 4.69) is 26.2 Å². The number of nitro groups is 1. The van der Waals surface area contributed by atoms with Gasteiger partial charge in [0.05, 0.1) is 21.6 Å². The van der Waals surface area contributed by atoms with E-state index >= 15 is 0 Å². The monoisotopic (exact) mass is 328 g/mol. The van der Waals surface area contributed by atoms with Gasteiger partial charge in [-0.3, -0.25) is 10.1 Å². The van der Waals surface area contributed by atoms with Gasteiger partial charge in [-0.2, -0.15) is 0 Å². The van der Waals surface area contributed by atoms with Gasteiger partial charge in [0, 0.05) is 12.1 Å². The number of nitro benzene ring substituents is 1. The number of rotatable bonds is 4. The van der Waals surface area contributed by atoms with Gasteiger partial charge < -0.3 is 0 Å². The summed E-state index contributed by atoms with van der Waals surface area (Å²) in [5.74, 6) is -0.566. The first-order valence-electron chi connectivity index (χ1n) is 5.53. The van der Waals surface area contributed by atoms with Crippen LogP contribution in [0.2, 0.25) is 0 Å². The molecule has 8 heteroatoms. The van der Waals surface area contributed by atoms with Gasteiger partial charge in [-0.05, 0) is 12.5 Å². The van der Waals surface area contributed by atoms with Gasteiger partial charge in [-0.25, -0.2) is 9.07 Å². The van der Waals surface area contributed by atoms with Gasteiger partial charge in [-0.15, -0.1) is 5.10 Å². The van der Waals surface area contributed by atoms with Crippen molar-refractivity contribution < 1.29 is 9.31 Å². The number of halogens is 2. The van der Waals surface area contributed by atoms with Gasteiger partial charge in [0.15, 0.2) is 0 Å². The summed E-state index contributed by atoms with van der Waals surface area (Å²) in [6.07, 6.45) is 2.34. The fourth-order valence-corrected chi connectivity index (χ4v) is 1.79. The summed E-state index contributed by atoms with van der Waals surface area (Å²) in [7, 11) is 0. The van der Waals surface area contributed by atoms with Crippen LogP contribution < -0.4 is 0 Å². The van der Waals surface area contributed by atoms with Crippen LogP contribution in [0.1, 0.15) is 23.9 Å². The lowest BCUT2D eigenvalue weighted by molar-refractivity contribution is -0.384. The molecule has 1 aromatic heterocycles. The second-order valence-electron chi connectivity index (χ2n) is 3.85. The topological polar surface area (TPSA) is 73.8 Å². The Hall–Kier alpha value is -1.83. The van der Waals surface area contributed by atoms with E-state index < -0.39 is 10.7 Å². The minimum Gasteiger partial charge on any atom is -0.258 e. The van der Waals surface area contributed by atoms with Crippen LogP contribution in [0.5, 0.6) is 0 Å². The molecule has 0 aliphatic carbocycles. The van der Waals surface area contributed by atoms with Crippen molar-refractivity contribution in [2.45, 2.75) is 18.2 Å². The number of hydrogen-bond donors (Lipinski definition) is 0. The molecule has 0 bridgehead atoms. The standard InChI is InChI=1S/C11H10BrFN4O2/c1-2-8(12)9-6-16(15-14-9)11-5-7(13)3-4-10(11)17(18)19/h3-6,8H,2H2,1H3. The first kappa shape index (κ1) is 13.6. The van der Waals surface area contributed by atoms with Gasteiger partial charge in [-0.1, -0.05) is 28.1 Å². The molecule has 1 heterocycles. The van der Waals surface area contributed by atoms with Crippen molar-refractivity contribution in [2.24, 2.45) is 0 Å². The largest absolute Gasteiger partial charge is 0.295 e. The molecule has 2 aromatic rings. The first-order valence-corrected chi connectivity index (χ1v) is 6.45. The highest BCUT2D eigenvalue weighted by atomic mass is 79.9. The molecule has 1 unspecified atom stereocenters. The lowest BCUT2D eigenvalue weighted by atomic mass is 10.2. The average molecular weight is 329 g/mol. The second kappa shape index (κ2) is 5.43. The van der Waals surface area contributed by atoms with Crippen molar-refractivity contribution in [3.63, 3.8) is 0 Å². The smallest absolute Gasteiger partial charge is 0.258 e. The Morgan fingerprint density at radius 2 is 2.32 bits per heavy atom. The Bertz CT molecular complexity index is 616. The molecule has 6 nitrogen and oxygen atoms in total. The number of aromatic nitrogens is 3. The molecule has 19 heavy (non-hydrogen) atoms. The number of benzene rings is 1. The molecule has 1 atom stereocenters. The van der Waals surface area contributed by atoms with Gasteiger partial charge in [0.25, 0.3) is 5.69 Å². The molecule has 0 spiro atoms. The third kappa shape index (κ3) is 2.78. The quantitative estimate of drug-likeness (QED) is 0.491. The first-order chi connectivity index (χ1) is 9.02. The van der Waals surface area contributed by atoms with E-state index in [0.29, 0.717) is 5.69 Å². The maximum atomic E-state index is 13.2. The van der Waals surface area contributed by atoms with Crippen molar-refractivity contribution in [3.05, 3.63) is 46.0 Å². The van der Waals surface area contributed by atoms with Gasteiger partial charge in [0.1, 0.15) is 11.5 Å². The highest BCUT2D eigenvalue weighted by molar-refractivity contribution is 9.09. The maximum Gasteiger partial charge on any atom is 0.295 e. The fourth-order valence-electron chi connectivity index (χ4n) is 1.58. The van der Waals surface area contributed by atoms with Crippen LogP contribution in [0.4, 0.5) is 10.1 Å². The van der Waals surface area contributed by atoms with Crippen molar-refractivity contribution in [1.82, 2.24) is 15.0 Å². The molecule has 0 saturated heterocycles. The third-order valence-electron chi connectivity index (χ3n) is 2.57. The van der Waals surface area contributed by atoms with Gasteiger partial charge >= 0.3 is 0 Å². The predicted octanol–water partition coefficient (Wildman–Crippen LogP) is 3.16. The summed E-state index contributed by atoms with van der Waals surface area (Å²) in [4.78, 5) is 10.3. The summed E-state index contributed by atoms with van der Waals surface area (Å²) in [6.45, 7) is 1.96. The molecule has 0 aliphatic rings. The molecule has 0 radical (unpaired) electrons.